The standard InChI is InChI=1S/C12H15N3O3/c1-8(16)15-5-2-9(7-15)6-10-11(12(17)18)14-4-3-13-10/h3-4,9H,2,5-7H2,1H3,(H,17,18)/t9-/m0/s1. The molecule has 1 aliphatic heterocycles. The molecule has 1 saturated heterocycles. The Hall–Kier alpha value is -1.98. The van der Waals surface area contributed by atoms with Crippen molar-refractivity contribution in [3.05, 3.63) is 23.8 Å². The van der Waals surface area contributed by atoms with Crippen LogP contribution < -0.4 is 0 Å². The van der Waals surface area contributed by atoms with Crippen molar-refractivity contribution in [2.75, 3.05) is 13.1 Å². The monoisotopic (exact) mass is 249 g/mol. The van der Waals surface area contributed by atoms with Gasteiger partial charge in [-0.1, -0.05) is 0 Å². The van der Waals surface area contributed by atoms with Crippen LogP contribution in [0.4, 0.5) is 0 Å². The number of carbonyl (C=O) groups is 2. The Morgan fingerprint density at radius 2 is 2.17 bits per heavy atom. The average Bonchev–Trinajstić information content (AvgIpc) is 2.78. The molecule has 6 heteroatoms. The largest absolute Gasteiger partial charge is 0.476 e. The van der Waals surface area contributed by atoms with Crippen molar-refractivity contribution >= 4 is 11.9 Å². The van der Waals surface area contributed by atoms with Crippen molar-refractivity contribution < 1.29 is 14.7 Å². The highest BCUT2D eigenvalue weighted by Crippen LogP contribution is 2.21. The highest BCUT2D eigenvalue weighted by Gasteiger charge is 2.26. The smallest absolute Gasteiger partial charge is 0.356 e. The Bertz CT molecular complexity index is 475. The van der Waals surface area contributed by atoms with Crippen LogP contribution in [0.25, 0.3) is 0 Å². The zero-order valence-corrected chi connectivity index (χ0v) is 10.2. The maximum atomic E-state index is 11.2. The van der Waals surface area contributed by atoms with Gasteiger partial charge in [-0.15, -0.1) is 0 Å². The summed E-state index contributed by atoms with van der Waals surface area (Å²) < 4.78 is 0. The van der Waals surface area contributed by atoms with Crippen molar-refractivity contribution in [2.24, 2.45) is 5.92 Å². The summed E-state index contributed by atoms with van der Waals surface area (Å²) in [4.78, 5) is 31.9. The number of hydrogen-bond donors (Lipinski definition) is 1. The molecule has 96 valence electrons. The van der Waals surface area contributed by atoms with Crippen molar-refractivity contribution in [2.45, 2.75) is 19.8 Å². The molecule has 1 amide bonds. The SMILES string of the molecule is CC(=O)N1CC[C@@H](Cc2nccnc2C(=O)O)C1. The first-order chi connectivity index (χ1) is 8.58. The van der Waals surface area contributed by atoms with Crippen LogP contribution in [0, 0.1) is 5.92 Å². The fourth-order valence-corrected chi connectivity index (χ4v) is 2.25. The molecule has 1 aliphatic rings. The van der Waals surface area contributed by atoms with Crippen molar-refractivity contribution in [3.63, 3.8) is 0 Å². The molecule has 1 N–H and O–H groups in total. The fraction of sp³-hybridized carbons (Fsp3) is 0.500. The molecule has 1 aromatic rings. The lowest BCUT2D eigenvalue weighted by Crippen LogP contribution is -2.26. The first kappa shape index (κ1) is 12.5. The van der Waals surface area contributed by atoms with E-state index >= 15 is 0 Å². The maximum absolute atomic E-state index is 11.2. The molecular weight excluding hydrogens is 234 g/mol. The van der Waals surface area contributed by atoms with Crippen LogP contribution in [0.2, 0.25) is 0 Å². The quantitative estimate of drug-likeness (QED) is 0.847. The second-order valence-corrected chi connectivity index (χ2v) is 4.48. The topological polar surface area (TPSA) is 83.4 Å². The van der Waals surface area contributed by atoms with Gasteiger partial charge in [-0.05, 0) is 18.8 Å². The number of likely N-dealkylation sites (tertiary alicyclic amines) is 1. The summed E-state index contributed by atoms with van der Waals surface area (Å²) in [6, 6.07) is 0. The molecule has 2 heterocycles. The first-order valence-corrected chi connectivity index (χ1v) is 5.86. The van der Waals surface area contributed by atoms with E-state index in [2.05, 4.69) is 9.97 Å². The Balaban J connectivity index is 2.07. The van der Waals surface area contributed by atoms with Gasteiger partial charge in [-0.2, -0.15) is 0 Å². The molecular formula is C12H15N3O3. The average molecular weight is 249 g/mol. The summed E-state index contributed by atoms with van der Waals surface area (Å²) in [5.74, 6) is -0.724. The van der Waals surface area contributed by atoms with Crippen molar-refractivity contribution in [3.8, 4) is 0 Å². The predicted molar refractivity (Wildman–Crippen MR) is 63.1 cm³/mol. The van der Waals surface area contributed by atoms with Gasteiger partial charge in [0.2, 0.25) is 5.91 Å². The minimum atomic E-state index is -1.06. The predicted octanol–water partition coefficient (Wildman–Crippen LogP) is 0.586. The third kappa shape index (κ3) is 2.64. The second kappa shape index (κ2) is 5.12. The molecule has 1 aromatic heterocycles. The minimum absolute atomic E-state index is 0.0128. The molecule has 18 heavy (non-hydrogen) atoms. The normalized spacial score (nSPS) is 18.9. The minimum Gasteiger partial charge on any atom is -0.476 e. The lowest BCUT2D eigenvalue weighted by atomic mass is 10.0. The van der Waals surface area contributed by atoms with E-state index in [4.69, 9.17) is 5.11 Å². The summed E-state index contributed by atoms with van der Waals surface area (Å²) in [5, 5.41) is 9.01. The van der Waals surface area contributed by atoms with E-state index in [1.807, 2.05) is 0 Å². The number of carboxylic acid groups (broad SMARTS) is 1. The van der Waals surface area contributed by atoms with Gasteiger partial charge in [0, 0.05) is 32.4 Å². The number of aromatic carboxylic acids is 1. The molecule has 1 fully saturated rings. The number of rotatable bonds is 3. The van der Waals surface area contributed by atoms with E-state index in [0.29, 0.717) is 18.7 Å². The van der Waals surface area contributed by atoms with Gasteiger partial charge in [0.25, 0.3) is 0 Å². The van der Waals surface area contributed by atoms with E-state index in [0.717, 1.165) is 13.0 Å². The molecule has 2 rings (SSSR count). The highest BCUT2D eigenvalue weighted by molar-refractivity contribution is 5.86. The van der Waals surface area contributed by atoms with Gasteiger partial charge in [-0.25, -0.2) is 9.78 Å². The van der Waals surface area contributed by atoms with Crippen molar-refractivity contribution in [1.29, 1.82) is 0 Å². The molecule has 6 nitrogen and oxygen atoms in total. The summed E-state index contributed by atoms with van der Waals surface area (Å²) in [5.41, 5.74) is 0.513. The number of amides is 1. The van der Waals surface area contributed by atoms with E-state index in [1.165, 1.54) is 12.4 Å². The Morgan fingerprint density at radius 1 is 1.44 bits per heavy atom. The first-order valence-electron chi connectivity index (χ1n) is 5.86. The highest BCUT2D eigenvalue weighted by atomic mass is 16.4. The zero-order chi connectivity index (χ0) is 13.1. The summed E-state index contributed by atoms with van der Waals surface area (Å²) in [7, 11) is 0. The molecule has 0 aromatic carbocycles. The Morgan fingerprint density at radius 3 is 2.78 bits per heavy atom. The van der Waals surface area contributed by atoms with Crippen LogP contribution in [0.15, 0.2) is 12.4 Å². The van der Waals surface area contributed by atoms with Crippen LogP contribution >= 0.6 is 0 Å². The maximum Gasteiger partial charge on any atom is 0.356 e. The lowest BCUT2D eigenvalue weighted by Gasteiger charge is -2.14. The number of nitrogens with zero attached hydrogens (tertiary/aromatic N) is 3. The van der Waals surface area contributed by atoms with Gasteiger partial charge in [0.15, 0.2) is 5.69 Å². The summed E-state index contributed by atoms with van der Waals surface area (Å²) >= 11 is 0. The van der Waals surface area contributed by atoms with Crippen LogP contribution in [-0.4, -0.2) is 44.9 Å². The zero-order valence-electron chi connectivity index (χ0n) is 10.2. The molecule has 0 aliphatic carbocycles. The molecule has 0 radical (unpaired) electrons. The van der Waals surface area contributed by atoms with E-state index < -0.39 is 5.97 Å². The van der Waals surface area contributed by atoms with Crippen LogP contribution in [0.3, 0.4) is 0 Å². The third-order valence-corrected chi connectivity index (χ3v) is 3.19. The third-order valence-electron chi connectivity index (χ3n) is 3.19. The second-order valence-electron chi connectivity index (χ2n) is 4.48. The van der Waals surface area contributed by atoms with Crippen LogP contribution in [-0.2, 0) is 11.2 Å². The van der Waals surface area contributed by atoms with Gasteiger partial charge in [0.05, 0.1) is 5.69 Å². The Labute approximate surface area is 105 Å². The van der Waals surface area contributed by atoms with E-state index in [9.17, 15) is 9.59 Å². The van der Waals surface area contributed by atoms with Gasteiger partial charge >= 0.3 is 5.97 Å². The lowest BCUT2D eigenvalue weighted by molar-refractivity contribution is -0.127. The van der Waals surface area contributed by atoms with Gasteiger partial charge < -0.3 is 10.0 Å². The van der Waals surface area contributed by atoms with Gasteiger partial charge in [0.1, 0.15) is 0 Å². The Kier molecular flexibility index (Phi) is 3.55. The summed E-state index contributed by atoms with van der Waals surface area (Å²) in [6.07, 6.45) is 4.32. The molecule has 0 unspecified atom stereocenters. The number of aromatic nitrogens is 2. The van der Waals surface area contributed by atoms with Gasteiger partial charge in [-0.3, -0.25) is 9.78 Å². The van der Waals surface area contributed by atoms with Crippen molar-refractivity contribution in [1.82, 2.24) is 14.9 Å². The number of carboxylic acids is 1. The van der Waals surface area contributed by atoms with Crippen LogP contribution in [0.5, 0.6) is 0 Å². The van der Waals surface area contributed by atoms with E-state index in [-0.39, 0.29) is 17.5 Å². The number of carbonyl (C=O) groups excluding carboxylic acids is 1. The molecule has 0 saturated carbocycles. The fourth-order valence-electron chi connectivity index (χ4n) is 2.25. The molecule has 1 atom stereocenters. The number of hydrogen-bond acceptors (Lipinski definition) is 4. The van der Waals surface area contributed by atoms with Crippen LogP contribution in [0.1, 0.15) is 29.5 Å². The van der Waals surface area contributed by atoms with E-state index in [1.54, 1.807) is 11.8 Å². The summed E-state index contributed by atoms with van der Waals surface area (Å²) in [6.45, 7) is 2.96. The molecule has 0 spiro atoms. The molecule has 0 bridgehead atoms.